The Morgan fingerprint density at radius 1 is 1.26 bits per heavy atom. The van der Waals surface area contributed by atoms with Gasteiger partial charge < -0.3 is 5.32 Å². The maximum absolute atomic E-state index is 12.9. The molecule has 0 fully saturated rings. The molecule has 2 rings (SSSR count). The summed E-state index contributed by atoms with van der Waals surface area (Å²) in [5.74, 6) is -0.177. The molecule has 1 atom stereocenters. The summed E-state index contributed by atoms with van der Waals surface area (Å²) in [4.78, 5) is 5.40. The molecule has 1 heterocycles. The Hall–Kier alpha value is -1.26. The van der Waals surface area contributed by atoms with Crippen LogP contribution in [-0.2, 0) is 12.8 Å². The van der Waals surface area contributed by atoms with Crippen molar-refractivity contribution < 1.29 is 4.39 Å². The number of thiazole rings is 1. The maximum atomic E-state index is 12.9. The van der Waals surface area contributed by atoms with Crippen LogP contribution < -0.4 is 5.32 Å². The first-order valence-electron chi connectivity index (χ1n) is 6.63. The van der Waals surface area contributed by atoms with Gasteiger partial charge in [0.25, 0.3) is 0 Å². The number of rotatable bonds is 7. The van der Waals surface area contributed by atoms with Gasteiger partial charge in [-0.15, -0.1) is 11.3 Å². The van der Waals surface area contributed by atoms with Crippen LogP contribution in [-0.4, -0.2) is 17.6 Å². The fourth-order valence-corrected chi connectivity index (χ4v) is 2.73. The third-order valence-corrected chi connectivity index (χ3v) is 3.81. The molecule has 19 heavy (non-hydrogen) atoms. The van der Waals surface area contributed by atoms with E-state index >= 15 is 0 Å². The van der Waals surface area contributed by atoms with E-state index in [0.29, 0.717) is 6.04 Å². The molecule has 0 spiro atoms. The van der Waals surface area contributed by atoms with Gasteiger partial charge in [-0.2, -0.15) is 0 Å². The smallest absolute Gasteiger partial charge is 0.123 e. The highest BCUT2D eigenvalue weighted by molar-refractivity contribution is 7.09. The molecule has 1 unspecified atom stereocenters. The Morgan fingerprint density at radius 2 is 2.05 bits per heavy atom. The van der Waals surface area contributed by atoms with Crippen molar-refractivity contribution in [3.05, 3.63) is 52.2 Å². The second-order valence-corrected chi connectivity index (χ2v) is 5.62. The highest BCUT2D eigenvalue weighted by Gasteiger charge is 2.11. The van der Waals surface area contributed by atoms with Gasteiger partial charge in [-0.05, 0) is 43.5 Å². The highest BCUT2D eigenvalue weighted by atomic mass is 32.1. The van der Waals surface area contributed by atoms with E-state index in [1.165, 1.54) is 22.6 Å². The lowest BCUT2D eigenvalue weighted by Crippen LogP contribution is -2.33. The molecule has 0 aliphatic carbocycles. The van der Waals surface area contributed by atoms with E-state index < -0.39 is 0 Å². The summed E-state index contributed by atoms with van der Waals surface area (Å²) in [5.41, 5.74) is 3.03. The zero-order valence-electron chi connectivity index (χ0n) is 11.1. The minimum Gasteiger partial charge on any atom is -0.313 e. The van der Waals surface area contributed by atoms with Crippen molar-refractivity contribution in [3.8, 4) is 0 Å². The van der Waals surface area contributed by atoms with E-state index in [1.807, 2.05) is 23.8 Å². The zero-order valence-corrected chi connectivity index (χ0v) is 11.9. The van der Waals surface area contributed by atoms with Gasteiger partial charge >= 0.3 is 0 Å². The third-order valence-electron chi connectivity index (χ3n) is 3.01. The molecule has 0 aliphatic rings. The fourth-order valence-electron chi connectivity index (χ4n) is 2.06. The van der Waals surface area contributed by atoms with Crippen LogP contribution in [0.25, 0.3) is 0 Å². The zero-order chi connectivity index (χ0) is 13.5. The number of nitrogens with zero attached hydrogens (tertiary/aromatic N) is 1. The first-order valence-corrected chi connectivity index (χ1v) is 7.51. The number of hydrogen-bond acceptors (Lipinski definition) is 3. The lowest BCUT2D eigenvalue weighted by molar-refractivity contribution is 0.506. The molecule has 0 amide bonds. The molecule has 1 aromatic carbocycles. The highest BCUT2D eigenvalue weighted by Crippen LogP contribution is 2.13. The summed E-state index contributed by atoms with van der Waals surface area (Å²) in [7, 11) is 0. The van der Waals surface area contributed by atoms with Crippen molar-refractivity contribution in [3.63, 3.8) is 0 Å². The molecular formula is C15H19FN2S. The number of halogens is 1. The second-order valence-electron chi connectivity index (χ2n) is 4.65. The lowest BCUT2D eigenvalue weighted by Gasteiger charge is -2.17. The van der Waals surface area contributed by atoms with Gasteiger partial charge in [0, 0.05) is 17.1 Å². The monoisotopic (exact) mass is 278 g/mol. The average molecular weight is 278 g/mol. The maximum Gasteiger partial charge on any atom is 0.123 e. The van der Waals surface area contributed by atoms with Gasteiger partial charge in [-0.3, -0.25) is 4.98 Å². The molecule has 1 N–H and O–H groups in total. The second kappa shape index (κ2) is 7.36. The van der Waals surface area contributed by atoms with Crippen molar-refractivity contribution in [2.75, 3.05) is 6.54 Å². The van der Waals surface area contributed by atoms with Gasteiger partial charge in [0.05, 0.1) is 5.51 Å². The number of aromatic nitrogens is 1. The normalized spacial score (nSPS) is 12.5. The summed E-state index contributed by atoms with van der Waals surface area (Å²) >= 11 is 1.69. The van der Waals surface area contributed by atoms with E-state index in [0.717, 1.165) is 25.8 Å². The molecule has 0 radical (unpaired) electrons. The summed E-state index contributed by atoms with van der Waals surface area (Å²) < 4.78 is 12.9. The lowest BCUT2D eigenvalue weighted by atomic mass is 10.0. The Morgan fingerprint density at radius 3 is 2.68 bits per heavy atom. The molecule has 0 saturated carbocycles. The summed E-state index contributed by atoms with van der Waals surface area (Å²) in [6, 6.07) is 7.16. The van der Waals surface area contributed by atoms with Gasteiger partial charge in [0.1, 0.15) is 5.82 Å². The molecule has 0 bridgehead atoms. The quantitative estimate of drug-likeness (QED) is 0.839. The van der Waals surface area contributed by atoms with Crippen molar-refractivity contribution in [1.82, 2.24) is 10.3 Å². The molecule has 4 heteroatoms. The summed E-state index contributed by atoms with van der Waals surface area (Å²) in [6.07, 6.45) is 4.93. The van der Waals surface area contributed by atoms with Crippen LogP contribution in [0.3, 0.4) is 0 Å². The number of benzene rings is 1. The molecule has 2 aromatic rings. The predicted octanol–water partition coefficient (Wildman–Crippen LogP) is 3.44. The fraction of sp³-hybridized carbons (Fsp3) is 0.400. The predicted molar refractivity (Wildman–Crippen MR) is 78.0 cm³/mol. The largest absolute Gasteiger partial charge is 0.313 e. The average Bonchev–Trinajstić information content (AvgIpc) is 2.91. The first-order chi connectivity index (χ1) is 9.28. The van der Waals surface area contributed by atoms with Crippen LogP contribution in [0.1, 0.15) is 23.8 Å². The number of hydrogen-bond donors (Lipinski definition) is 1. The van der Waals surface area contributed by atoms with Crippen LogP contribution >= 0.6 is 11.3 Å². The minimum absolute atomic E-state index is 0.177. The Bertz CT molecular complexity index is 467. The SMILES string of the molecule is CCCNC(Cc1ccc(F)cc1)Cc1cncs1. The van der Waals surface area contributed by atoms with Gasteiger partial charge in [0.15, 0.2) is 0 Å². The van der Waals surface area contributed by atoms with E-state index in [2.05, 4.69) is 17.2 Å². The molecule has 2 nitrogen and oxygen atoms in total. The van der Waals surface area contributed by atoms with E-state index in [4.69, 9.17) is 0 Å². The molecule has 102 valence electrons. The first kappa shape index (κ1) is 14.2. The van der Waals surface area contributed by atoms with E-state index in [-0.39, 0.29) is 5.82 Å². The third kappa shape index (κ3) is 4.73. The van der Waals surface area contributed by atoms with Gasteiger partial charge in [-0.25, -0.2) is 4.39 Å². The van der Waals surface area contributed by atoms with E-state index in [1.54, 1.807) is 11.3 Å². The molecule has 0 saturated heterocycles. The number of nitrogens with one attached hydrogen (secondary N) is 1. The van der Waals surface area contributed by atoms with Crippen LogP contribution in [0.4, 0.5) is 4.39 Å². The summed E-state index contributed by atoms with van der Waals surface area (Å²) in [5, 5.41) is 3.56. The van der Waals surface area contributed by atoms with Crippen molar-refractivity contribution in [2.24, 2.45) is 0 Å². The minimum atomic E-state index is -0.177. The standard InChI is InChI=1S/C15H19FN2S/c1-2-7-18-14(9-15-10-17-11-19-15)8-12-3-5-13(16)6-4-12/h3-6,10-11,14,18H,2,7-9H2,1H3. The van der Waals surface area contributed by atoms with Crippen molar-refractivity contribution in [2.45, 2.75) is 32.2 Å². The van der Waals surface area contributed by atoms with Crippen LogP contribution in [0.5, 0.6) is 0 Å². The summed E-state index contributed by atoms with van der Waals surface area (Å²) in [6.45, 7) is 3.17. The van der Waals surface area contributed by atoms with Crippen molar-refractivity contribution in [1.29, 1.82) is 0 Å². The Kier molecular flexibility index (Phi) is 5.48. The topological polar surface area (TPSA) is 24.9 Å². The molecular weight excluding hydrogens is 259 g/mol. The van der Waals surface area contributed by atoms with Crippen LogP contribution in [0, 0.1) is 5.82 Å². The Balaban J connectivity index is 1.98. The van der Waals surface area contributed by atoms with Crippen molar-refractivity contribution >= 4 is 11.3 Å². The van der Waals surface area contributed by atoms with E-state index in [9.17, 15) is 4.39 Å². The molecule has 1 aromatic heterocycles. The molecule has 0 aliphatic heterocycles. The Labute approximate surface area is 117 Å². The van der Waals surface area contributed by atoms with Crippen LogP contribution in [0.2, 0.25) is 0 Å². The van der Waals surface area contributed by atoms with Gasteiger partial charge in [0.2, 0.25) is 0 Å². The van der Waals surface area contributed by atoms with Gasteiger partial charge in [-0.1, -0.05) is 19.1 Å². The van der Waals surface area contributed by atoms with Crippen LogP contribution in [0.15, 0.2) is 36.0 Å².